The maximum atomic E-state index is 13.8. The van der Waals surface area contributed by atoms with E-state index in [0.717, 1.165) is 87.2 Å². The molecular formula is C100H80O12P4S2. The molecule has 4 N–H and O–H groups in total. The third-order valence-electron chi connectivity index (χ3n) is 18.3. The summed E-state index contributed by atoms with van der Waals surface area (Å²) in [5.74, 6) is -4.13. The van der Waals surface area contributed by atoms with Crippen LogP contribution in [-0.2, 0) is 18.3 Å². The lowest BCUT2D eigenvalue weighted by Gasteiger charge is -2.19. The molecule has 16 aromatic rings. The predicted molar refractivity (Wildman–Crippen MR) is 485 cm³/mol. The fraction of sp³-hybridized carbons (Fsp3) is 0. The standard InChI is InChI=1S/4C18H15OP.2C14H10O4S/c4*19-20(16-10-4-1-5-11-16,17-12-6-2-7-13-17)18-14-8-3-9-15-18;2*15-13(16)9-5-1-3-7-11(9)19-12-8-4-2-6-10(12)14(17)18/h4*1-15H;2*1-8H,(H,15,16)(H,17,18). The van der Waals surface area contributed by atoms with E-state index in [2.05, 4.69) is 0 Å². The summed E-state index contributed by atoms with van der Waals surface area (Å²) in [7, 11) is -11.1. The second-order valence-electron chi connectivity index (χ2n) is 25.9. The fourth-order valence-corrected chi connectivity index (χ4v) is 25.4. The first-order valence-electron chi connectivity index (χ1n) is 37.2. The van der Waals surface area contributed by atoms with Crippen molar-refractivity contribution in [3.05, 3.63) is 483 Å². The molecule has 0 aliphatic heterocycles. The van der Waals surface area contributed by atoms with Gasteiger partial charge in [-0.3, -0.25) is 0 Å². The van der Waals surface area contributed by atoms with Crippen LogP contribution in [0.4, 0.5) is 0 Å². The summed E-state index contributed by atoms with van der Waals surface area (Å²) >= 11 is 2.27. The summed E-state index contributed by atoms with van der Waals surface area (Å²) in [6.07, 6.45) is 0. The third-order valence-corrected chi connectivity index (χ3v) is 33.0. The highest BCUT2D eigenvalue weighted by Crippen LogP contribution is 2.46. The molecule has 0 saturated carbocycles. The van der Waals surface area contributed by atoms with Crippen LogP contribution in [0, 0.1) is 0 Å². The molecule has 12 nitrogen and oxygen atoms in total. The minimum Gasteiger partial charge on any atom is -0.478 e. The van der Waals surface area contributed by atoms with Crippen LogP contribution in [0.5, 0.6) is 0 Å². The van der Waals surface area contributed by atoms with Crippen molar-refractivity contribution in [2.45, 2.75) is 19.6 Å². The molecule has 18 heteroatoms. The van der Waals surface area contributed by atoms with Crippen molar-refractivity contribution < 1.29 is 57.9 Å². The summed E-state index contributed by atoms with van der Waals surface area (Å²) in [4.78, 5) is 46.5. The topological polar surface area (TPSA) is 217 Å². The fourth-order valence-electron chi connectivity index (χ4n) is 12.6. The highest BCUT2D eigenvalue weighted by molar-refractivity contribution is 7.99. The van der Waals surface area contributed by atoms with Crippen molar-refractivity contribution >= 4 is 140 Å². The molecule has 0 aromatic heterocycles. The molecule has 0 amide bonds. The normalized spacial score (nSPS) is 10.8. The molecule has 0 aliphatic carbocycles. The molecule has 0 radical (unpaired) electrons. The minimum absolute atomic E-state index is 0.160. The number of carbonyl (C=O) groups is 4. The molecule has 0 aliphatic rings. The molecule has 0 spiro atoms. The van der Waals surface area contributed by atoms with Gasteiger partial charge >= 0.3 is 23.9 Å². The van der Waals surface area contributed by atoms with Crippen LogP contribution in [0.2, 0.25) is 0 Å². The van der Waals surface area contributed by atoms with Gasteiger partial charge in [0.05, 0.1) is 22.3 Å². The first-order valence-corrected chi connectivity index (χ1v) is 45.6. The van der Waals surface area contributed by atoms with Gasteiger partial charge in [0.15, 0.2) is 28.6 Å². The first kappa shape index (κ1) is 85.9. The lowest BCUT2D eigenvalue weighted by atomic mass is 10.2. The Hall–Kier alpha value is -13.0. The van der Waals surface area contributed by atoms with E-state index in [0.29, 0.717) is 19.6 Å². The number of rotatable bonds is 20. The number of hydrogen-bond acceptors (Lipinski definition) is 10. The van der Waals surface area contributed by atoms with E-state index < -0.39 is 52.4 Å². The summed E-state index contributed by atoms with van der Waals surface area (Å²) in [6.45, 7) is 0. The molecule has 0 saturated heterocycles. The van der Waals surface area contributed by atoms with Gasteiger partial charge in [-0.15, -0.1) is 0 Å². The van der Waals surface area contributed by atoms with Gasteiger partial charge in [-0.25, -0.2) is 19.2 Å². The Morgan fingerprint density at radius 1 is 0.153 bits per heavy atom. The van der Waals surface area contributed by atoms with Gasteiger partial charge in [-0.1, -0.05) is 436 Å². The molecule has 16 rings (SSSR count). The molecule has 0 fully saturated rings. The first-order chi connectivity index (χ1) is 57.4. The highest BCUT2D eigenvalue weighted by Gasteiger charge is 2.33. The lowest BCUT2D eigenvalue weighted by Crippen LogP contribution is -2.24. The number of carboxylic acids is 4. The summed E-state index contributed by atoms with van der Waals surface area (Å²) < 4.78 is 55.3. The van der Waals surface area contributed by atoms with E-state index in [4.69, 9.17) is 20.4 Å². The second-order valence-corrected chi connectivity index (χ2v) is 39.1. The Labute approximate surface area is 695 Å². The van der Waals surface area contributed by atoms with Crippen molar-refractivity contribution in [3.63, 3.8) is 0 Å². The molecule has 0 unspecified atom stereocenters. The van der Waals surface area contributed by atoms with Crippen LogP contribution in [0.25, 0.3) is 0 Å². The molecule has 0 bridgehead atoms. The molecule has 0 heterocycles. The van der Waals surface area contributed by atoms with Crippen LogP contribution in [0.1, 0.15) is 41.4 Å². The van der Waals surface area contributed by atoms with E-state index in [-0.39, 0.29) is 22.3 Å². The average molecular weight is 1660 g/mol. The maximum absolute atomic E-state index is 13.8. The van der Waals surface area contributed by atoms with Gasteiger partial charge in [0.25, 0.3) is 0 Å². The van der Waals surface area contributed by atoms with Gasteiger partial charge in [0.2, 0.25) is 0 Å². The molecule has 118 heavy (non-hydrogen) atoms. The van der Waals surface area contributed by atoms with Crippen LogP contribution < -0.4 is 63.7 Å². The average Bonchev–Trinajstić information content (AvgIpc) is 0.784. The second kappa shape index (κ2) is 42.6. The van der Waals surface area contributed by atoms with E-state index in [9.17, 15) is 37.4 Å². The number of benzene rings is 16. The lowest BCUT2D eigenvalue weighted by molar-refractivity contribution is 0.0681. The Balaban J connectivity index is 0.000000139. The highest BCUT2D eigenvalue weighted by atomic mass is 32.2. The molecular weight excluding hydrogens is 1580 g/mol. The third kappa shape index (κ3) is 21.6. The van der Waals surface area contributed by atoms with E-state index in [1.165, 1.54) is 24.3 Å². The van der Waals surface area contributed by atoms with Gasteiger partial charge in [-0.05, 0) is 48.5 Å². The van der Waals surface area contributed by atoms with E-state index in [1.54, 1.807) is 72.8 Å². The SMILES string of the molecule is O=C(O)c1ccccc1Sc1ccccc1C(=O)O.O=C(O)c1ccccc1Sc1ccccc1C(=O)O.O=P(c1ccccc1)(c1ccccc1)c1ccccc1.O=P(c1ccccc1)(c1ccccc1)c1ccccc1.O=P(c1ccccc1)(c1ccccc1)c1ccccc1.O=P(c1ccccc1)(c1ccccc1)c1ccccc1. The molecule has 16 aromatic carbocycles. The maximum Gasteiger partial charge on any atom is 0.336 e. The van der Waals surface area contributed by atoms with Gasteiger partial charge in [0.1, 0.15) is 0 Å². The monoisotopic (exact) mass is 1660 g/mol. The van der Waals surface area contributed by atoms with Gasteiger partial charge < -0.3 is 38.7 Å². The number of hydrogen-bond donors (Lipinski definition) is 4. The smallest absolute Gasteiger partial charge is 0.336 e. The zero-order chi connectivity index (χ0) is 83.0. The van der Waals surface area contributed by atoms with Crippen molar-refractivity contribution in [3.8, 4) is 0 Å². The van der Waals surface area contributed by atoms with E-state index >= 15 is 0 Å². The zero-order valence-electron chi connectivity index (χ0n) is 63.5. The largest absolute Gasteiger partial charge is 0.478 e. The number of aromatic carboxylic acids is 4. The Morgan fingerprint density at radius 3 is 0.347 bits per heavy atom. The van der Waals surface area contributed by atoms with Crippen LogP contribution in [0.15, 0.2) is 481 Å². The summed E-state index contributed by atoms with van der Waals surface area (Å²) in [6, 6.07) is 143. The van der Waals surface area contributed by atoms with Crippen molar-refractivity contribution in [2.75, 3.05) is 0 Å². The van der Waals surface area contributed by atoms with E-state index in [1.807, 2.05) is 364 Å². The Morgan fingerprint density at radius 2 is 0.246 bits per heavy atom. The van der Waals surface area contributed by atoms with Crippen molar-refractivity contribution in [1.82, 2.24) is 0 Å². The van der Waals surface area contributed by atoms with Crippen molar-refractivity contribution in [1.29, 1.82) is 0 Å². The quantitative estimate of drug-likeness (QED) is 0.0522. The molecule has 0 atom stereocenters. The predicted octanol–water partition coefficient (Wildman–Crippen LogP) is 19.8. The number of carboxylic acid groups (broad SMARTS) is 4. The zero-order valence-corrected chi connectivity index (χ0v) is 68.7. The summed E-state index contributed by atoms with van der Waals surface area (Å²) in [5.41, 5.74) is 0.640. The minimum atomic E-state index is -2.78. The molecule has 584 valence electrons. The van der Waals surface area contributed by atoms with Crippen LogP contribution >= 0.6 is 52.1 Å². The van der Waals surface area contributed by atoms with Gasteiger partial charge in [0, 0.05) is 83.2 Å². The Kier molecular flexibility index (Phi) is 31.0. The summed E-state index contributed by atoms with van der Waals surface area (Å²) in [5, 5.41) is 46.8. The Bertz CT molecular complexity index is 4950. The van der Waals surface area contributed by atoms with Gasteiger partial charge in [-0.2, -0.15) is 0 Å². The van der Waals surface area contributed by atoms with Crippen molar-refractivity contribution in [2.24, 2.45) is 0 Å². The van der Waals surface area contributed by atoms with Crippen LogP contribution in [0.3, 0.4) is 0 Å². The van der Waals surface area contributed by atoms with Crippen LogP contribution in [-0.4, -0.2) is 44.3 Å².